The molecule has 2 aromatic rings. The van der Waals surface area contributed by atoms with Gasteiger partial charge < -0.3 is 10.5 Å². The Morgan fingerprint density at radius 3 is 2.67 bits per heavy atom. The molecule has 1 fully saturated rings. The molecule has 18 heavy (non-hydrogen) atoms. The normalized spacial score (nSPS) is 14.5. The largest absolute Gasteiger partial charge is 0.480 e. The number of ether oxygens (including phenoxy) is 1. The van der Waals surface area contributed by atoms with Crippen molar-refractivity contribution in [1.29, 1.82) is 0 Å². The summed E-state index contributed by atoms with van der Waals surface area (Å²) in [5, 5.41) is 7.93. The third-order valence-corrected chi connectivity index (χ3v) is 2.84. The Kier molecular flexibility index (Phi) is 2.55. The van der Waals surface area contributed by atoms with Crippen molar-refractivity contribution in [2.24, 2.45) is 0 Å². The highest BCUT2D eigenvalue weighted by Crippen LogP contribution is 2.39. The fraction of sp³-hybridized carbons (Fsp3) is 0.333. The summed E-state index contributed by atoms with van der Waals surface area (Å²) in [5.74, 6) is 1.98. The Bertz CT molecular complexity index is 565. The summed E-state index contributed by atoms with van der Waals surface area (Å²) in [6.45, 7) is 0. The fourth-order valence-corrected chi connectivity index (χ4v) is 1.74. The van der Waals surface area contributed by atoms with E-state index in [1.807, 2.05) is 6.07 Å². The SMILES string of the molecule is COc1ccc(-c2nc(N)cc(C3CC3)n2)nn1. The maximum atomic E-state index is 5.79. The van der Waals surface area contributed by atoms with Crippen LogP contribution in [0.1, 0.15) is 24.5 Å². The zero-order chi connectivity index (χ0) is 12.5. The van der Waals surface area contributed by atoms with Crippen LogP contribution in [0.3, 0.4) is 0 Å². The van der Waals surface area contributed by atoms with Gasteiger partial charge in [0, 0.05) is 23.7 Å². The van der Waals surface area contributed by atoms with E-state index in [0.717, 1.165) is 5.69 Å². The molecule has 1 saturated carbocycles. The summed E-state index contributed by atoms with van der Waals surface area (Å²) in [7, 11) is 1.55. The maximum Gasteiger partial charge on any atom is 0.233 e. The molecule has 0 radical (unpaired) electrons. The molecule has 3 rings (SSSR count). The van der Waals surface area contributed by atoms with Gasteiger partial charge >= 0.3 is 0 Å². The average Bonchev–Trinajstić information content (AvgIpc) is 3.22. The minimum Gasteiger partial charge on any atom is -0.480 e. The number of anilines is 1. The molecular weight excluding hydrogens is 230 g/mol. The number of hydrogen-bond donors (Lipinski definition) is 1. The molecule has 0 unspecified atom stereocenters. The predicted molar refractivity (Wildman–Crippen MR) is 66.0 cm³/mol. The molecule has 0 spiro atoms. The Labute approximate surface area is 104 Å². The third kappa shape index (κ3) is 2.09. The second-order valence-electron chi connectivity index (χ2n) is 4.28. The zero-order valence-electron chi connectivity index (χ0n) is 10.00. The number of rotatable bonds is 3. The van der Waals surface area contributed by atoms with Crippen LogP contribution >= 0.6 is 0 Å². The van der Waals surface area contributed by atoms with Gasteiger partial charge in [-0.1, -0.05) is 0 Å². The van der Waals surface area contributed by atoms with Crippen molar-refractivity contribution in [3.8, 4) is 17.4 Å². The Hall–Kier alpha value is -2.24. The lowest BCUT2D eigenvalue weighted by molar-refractivity contribution is 0.392. The van der Waals surface area contributed by atoms with Gasteiger partial charge in [-0.3, -0.25) is 0 Å². The molecule has 2 N–H and O–H groups in total. The van der Waals surface area contributed by atoms with Crippen LogP contribution in [0.25, 0.3) is 11.5 Å². The van der Waals surface area contributed by atoms with E-state index in [-0.39, 0.29) is 0 Å². The molecule has 92 valence electrons. The minimum atomic E-state index is 0.463. The molecule has 0 amide bonds. The van der Waals surface area contributed by atoms with E-state index in [2.05, 4.69) is 20.2 Å². The molecule has 6 heteroatoms. The van der Waals surface area contributed by atoms with Crippen LogP contribution in [0, 0.1) is 0 Å². The quantitative estimate of drug-likeness (QED) is 0.876. The molecule has 2 heterocycles. The van der Waals surface area contributed by atoms with Gasteiger partial charge in [-0.05, 0) is 18.9 Å². The highest BCUT2D eigenvalue weighted by atomic mass is 16.5. The molecule has 1 aliphatic rings. The first-order chi connectivity index (χ1) is 8.76. The van der Waals surface area contributed by atoms with E-state index >= 15 is 0 Å². The summed E-state index contributed by atoms with van der Waals surface area (Å²) in [6, 6.07) is 5.33. The molecule has 6 nitrogen and oxygen atoms in total. The van der Waals surface area contributed by atoms with Crippen LogP contribution in [0.5, 0.6) is 5.88 Å². The van der Waals surface area contributed by atoms with Crippen LogP contribution in [0.4, 0.5) is 5.82 Å². The minimum absolute atomic E-state index is 0.463. The molecule has 0 bridgehead atoms. The summed E-state index contributed by atoms with van der Waals surface area (Å²) >= 11 is 0. The standard InChI is InChI=1S/C12H13N5O/c1-18-11-5-4-8(16-17-11)12-14-9(7-2-3-7)6-10(13)15-12/h4-7H,2-3H2,1H3,(H2,13,14,15). The first-order valence-electron chi connectivity index (χ1n) is 5.79. The predicted octanol–water partition coefficient (Wildman–Crippen LogP) is 1.40. The molecule has 0 aromatic carbocycles. The van der Waals surface area contributed by atoms with Crippen molar-refractivity contribution in [2.45, 2.75) is 18.8 Å². The first kappa shape index (κ1) is 10.9. The summed E-state index contributed by atoms with van der Waals surface area (Å²) in [6.07, 6.45) is 2.34. The molecular formula is C12H13N5O. The van der Waals surface area contributed by atoms with Crippen LogP contribution < -0.4 is 10.5 Å². The van der Waals surface area contributed by atoms with Crippen molar-refractivity contribution in [3.63, 3.8) is 0 Å². The van der Waals surface area contributed by atoms with E-state index in [1.165, 1.54) is 12.8 Å². The molecule has 0 saturated heterocycles. The smallest absolute Gasteiger partial charge is 0.233 e. The highest BCUT2D eigenvalue weighted by molar-refractivity contribution is 5.52. The van der Waals surface area contributed by atoms with Crippen molar-refractivity contribution in [3.05, 3.63) is 23.9 Å². The van der Waals surface area contributed by atoms with Gasteiger partial charge in [0.05, 0.1) is 7.11 Å². The van der Waals surface area contributed by atoms with Gasteiger partial charge in [0.25, 0.3) is 0 Å². The first-order valence-corrected chi connectivity index (χ1v) is 5.79. The second-order valence-corrected chi connectivity index (χ2v) is 4.28. The Morgan fingerprint density at radius 2 is 2.06 bits per heavy atom. The van der Waals surface area contributed by atoms with Gasteiger partial charge in [0.2, 0.25) is 5.88 Å². The summed E-state index contributed by atoms with van der Waals surface area (Å²) in [4.78, 5) is 8.68. The Morgan fingerprint density at radius 1 is 1.22 bits per heavy atom. The molecule has 0 aliphatic heterocycles. The topological polar surface area (TPSA) is 86.8 Å². The summed E-state index contributed by atoms with van der Waals surface area (Å²) < 4.78 is 4.96. The maximum absolute atomic E-state index is 5.79. The van der Waals surface area contributed by atoms with Gasteiger partial charge in [0.15, 0.2) is 5.82 Å². The lowest BCUT2D eigenvalue weighted by Crippen LogP contribution is -2.01. The van der Waals surface area contributed by atoms with Crippen molar-refractivity contribution in [2.75, 3.05) is 12.8 Å². The molecule has 2 aromatic heterocycles. The number of nitrogens with two attached hydrogens (primary N) is 1. The number of aromatic nitrogens is 4. The van der Waals surface area contributed by atoms with Gasteiger partial charge in [-0.25, -0.2) is 9.97 Å². The van der Waals surface area contributed by atoms with E-state index in [9.17, 15) is 0 Å². The lowest BCUT2D eigenvalue weighted by atomic mass is 10.2. The van der Waals surface area contributed by atoms with E-state index in [1.54, 1.807) is 19.2 Å². The lowest BCUT2D eigenvalue weighted by Gasteiger charge is -2.04. The number of methoxy groups -OCH3 is 1. The van der Waals surface area contributed by atoms with Crippen molar-refractivity contribution in [1.82, 2.24) is 20.2 Å². The highest BCUT2D eigenvalue weighted by Gasteiger charge is 2.26. The molecule has 0 atom stereocenters. The van der Waals surface area contributed by atoms with Gasteiger partial charge in [-0.15, -0.1) is 10.2 Å². The molecule has 1 aliphatic carbocycles. The summed E-state index contributed by atoms with van der Waals surface area (Å²) in [5.41, 5.74) is 7.39. The van der Waals surface area contributed by atoms with E-state index in [4.69, 9.17) is 10.5 Å². The van der Waals surface area contributed by atoms with Crippen molar-refractivity contribution < 1.29 is 4.74 Å². The number of nitrogens with zero attached hydrogens (tertiary/aromatic N) is 4. The second kappa shape index (κ2) is 4.21. The van der Waals surface area contributed by atoms with Crippen LogP contribution in [0.2, 0.25) is 0 Å². The fourth-order valence-electron chi connectivity index (χ4n) is 1.74. The monoisotopic (exact) mass is 243 g/mol. The van der Waals surface area contributed by atoms with Crippen molar-refractivity contribution >= 4 is 5.82 Å². The van der Waals surface area contributed by atoms with Gasteiger partial charge in [-0.2, -0.15) is 0 Å². The number of nitrogen functional groups attached to an aromatic ring is 1. The van der Waals surface area contributed by atoms with Crippen LogP contribution in [0.15, 0.2) is 18.2 Å². The zero-order valence-corrected chi connectivity index (χ0v) is 10.00. The van der Waals surface area contributed by atoms with Crippen LogP contribution in [-0.2, 0) is 0 Å². The van der Waals surface area contributed by atoms with Gasteiger partial charge in [0.1, 0.15) is 11.5 Å². The average molecular weight is 243 g/mol. The van der Waals surface area contributed by atoms with Crippen LogP contribution in [-0.4, -0.2) is 27.3 Å². The van der Waals surface area contributed by atoms with E-state index in [0.29, 0.717) is 29.1 Å². The Balaban J connectivity index is 1.98. The van der Waals surface area contributed by atoms with E-state index < -0.39 is 0 Å². The third-order valence-electron chi connectivity index (χ3n) is 2.84. The number of hydrogen-bond acceptors (Lipinski definition) is 6.